The third-order valence-electron chi connectivity index (χ3n) is 3.82. The molecule has 0 bridgehead atoms. The predicted octanol–water partition coefficient (Wildman–Crippen LogP) is 3.20. The summed E-state index contributed by atoms with van der Waals surface area (Å²) in [6.07, 6.45) is 0. The minimum absolute atomic E-state index is 0.0481. The van der Waals surface area contributed by atoms with Crippen molar-refractivity contribution in [3.63, 3.8) is 0 Å². The zero-order chi connectivity index (χ0) is 15.3. The number of carbonyl (C=O) groups is 1. The molecule has 2 heterocycles. The minimum atomic E-state index is -0.214. The number of hydrogen-bond acceptors (Lipinski definition) is 4. The second-order valence-electron chi connectivity index (χ2n) is 5.07. The van der Waals surface area contributed by atoms with E-state index in [0.29, 0.717) is 22.6 Å². The van der Waals surface area contributed by atoms with E-state index in [1.165, 1.54) is 0 Å². The third kappa shape index (κ3) is 1.65. The maximum atomic E-state index is 12.6. The number of aliphatic imine (C=N–C) groups is 1. The predicted molar refractivity (Wildman–Crippen MR) is 83.5 cm³/mol. The first-order valence-corrected chi connectivity index (χ1v) is 6.80. The molecule has 3 aromatic rings. The van der Waals surface area contributed by atoms with Gasteiger partial charge in [0.25, 0.3) is 0 Å². The highest BCUT2D eigenvalue weighted by Crippen LogP contribution is 2.36. The fraction of sp³-hybridized carbons (Fsp3) is 0.0588. The van der Waals surface area contributed by atoms with Crippen molar-refractivity contribution in [1.82, 2.24) is 4.98 Å². The van der Waals surface area contributed by atoms with Crippen LogP contribution in [-0.2, 0) is 0 Å². The van der Waals surface area contributed by atoms with E-state index in [1.54, 1.807) is 25.3 Å². The summed E-state index contributed by atoms with van der Waals surface area (Å²) in [6, 6.07) is 12.6. The van der Waals surface area contributed by atoms with Gasteiger partial charge in [0, 0.05) is 10.9 Å². The molecular weight excluding hydrogens is 280 g/mol. The number of aromatic hydroxyl groups is 1. The molecule has 0 amide bonds. The van der Waals surface area contributed by atoms with Crippen LogP contribution in [0.1, 0.15) is 15.9 Å². The second kappa shape index (κ2) is 4.46. The normalized spacial score (nSPS) is 13.3. The van der Waals surface area contributed by atoms with Crippen LogP contribution in [0.15, 0.2) is 47.5 Å². The summed E-state index contributed by atoms with van der Waals surface area (Å²) in [5.41, 5.74) is 2.53. The van der Waals surface area contributed by atoms with Gasteiger partial charge in [-0.2, -0.15) is 0 Å². The number of fused-ring (bicyclic) bond motifs is 2. The molecule has 2 aromatic carbocycles. The molecule has 0 atom stereocenters. The van der Waals surface area contributed by atoms with Crippen LogP contribution in [-0.4, -0.2) is 28.7 Å². The van der Waals surface area contributed by atoms with Gasteiger partial charge < -0.3 is 14.8 Å². The van der Waals surface area contributed by atoms with Gasteiger partial charge in [0.2, 0.25) is 5.78 Å². The molecule has 2 N–H and O–H groups in total. The van der Waals surface area contributed by atoms with Crippen molar-refractivity contribution in [3.05, 3.63) is 53.6 Å². The van der Waals surface area contributed by atoms with Crippen molar-refractivity contribution in [2.75, 3.05) is 7.11 Å². The van der Waals surface area contributed by atoms with Crippen molar-refractivity contribution in [3.8, 4) is 11.6 Å². The fourth-order valence-electron chi connectivity index (χ4n) is 2.76. The van der Waals surface area contributed by atoms with Crippen LogP contribution in [0.3, 0.4) is 0 Å². The summed E-state index contributed by atoms with van der Waals surface area (Å²) in [5, 5.41) is 10.9. The SMILES string of the molecule is COc1ccc2c(c1)C(=O)C(c1c(O)[nH]c3ccccc13)=N2. The van der Waals surface area contributed by atoms with Crippen molar-refractivity contribution in [2.24, 2.45) is 4.99 Å². The molecule has 0 spiro atoms. The summed E-state index contributed by atoms with van der Waals surface area (Å²) < 4.78 is 5.15. The van der Waals surface area contributed by atoms with E-state index < -0.39 is 0 Å². The lowest BCUT2D eigenvalue weighted by molar-refractivity contribution is 0.106. The molecule has 0 saturated heterocycles. The van der Waals surface area contributed by atoms with Crippen molar-refractivity contribution in [1.29, 1.82) is 0 Å². The number of nitrogens with one attached hydrogen (secondary N) is 1. The Kier molecular flexibility index (Phi) is 2.56. The number of aromatic nitrogens is 1. The van der Waals surface area contributed by atoms with E-state index >= 15 is 0 Å². The largest absolute Gasteiger partial charge is 0.497 e. The van der Waals surface area contributed by atoms with E-state index in [4.69, 9.17) is 4.74 Å². The van der Waals surface area contributed by atoms with Crippen LogP contribution in [0.2, 0.25) is 0 Å². The summed E-state index contributed by atoms with van der Waals surface area (Å²) >= 11 is 0. The van der Waals surface area contributed by atoms with E-state index in [9.17, 15) is 9.90 Å². The van der Waals surface area contributed by atoms with Gasteiger partial charge in [0.1, 0.15) is 11.5 Å². The first-order chi connectivity index (χ1) is 10.7. The number of para-hydroxylation sites is 1. The Morgan fingerprint density at radius 3 is 2.82 bits per heavy atom. The number of ketones is 1. The molecule has 4 rings (SSSR count). The third-order valence-corrected chi connectivity index (χ3v) is 3.82. The standard InChI is InChI=1S/C17H12N2O3/c1-22-9-6-7-13-11(8-9)16(20)15(18-13)14-10-4-2-3-5-12(10)19-17(14)21/h2-8,19,21H,1H3. The van der Waals surface area contributed by atoms with Gasteiger partial charge in [-0.15, -0.1) is 0 Å². The molecule has 0 aliphatic carbocycles. The highest BCUT2D eigenvalue weighted by molar-refractivity contribution is 6.56. The topological polar surface area (TPSA) is 74.7 Å². The zero-order valence-electron chi connectivity index (χ0n) is 11.8. The van der Waals surface area contributed by atoms with Crippen molar-refractivity contribution < 1.29 is 14.6 Å². The first-order valence-electron chi connectivity index (χ1n) is 6.80. The molecule has 0 fully saturated rings. The maximum absolute atomic E-state index is 12.6. The summed E-state index contributed by atoms with van der Waals surface area (Å²) in [6.45, 7) is 0. The monoisotopic (exact) mass is 292 g/mol. The second-order valence-corrected chi connectivity index (χ2v) is 5.07. The lowest BCUT2D eigenvalue weighted by Crippen LogP contribution is -2.10. The molecule has 0 unspecified atom stereocenters. The van der Waals surface area contributed by atoms with E-state index in [0.717, 1.165) is 10.9 Å². The number of carbonyl (C=O) groups excluding carboxylic acids is 1. The van der Waals surface area contributed by atoms with Gasteiger partial charge in [-0.25, -0.2) is 4.99 Å². The Balaban J connectivity index is 1.91. The van der Waals surface area contributed by atoms with Crippen LogP contribution < -0.4 is 4.74 Å². The summed E-state index contributed by atoms with van der Waals surface area (Å²) in [5.74, 6) is 0.341. The van der Waals surface area contributed by atoms with E-state index in [1.807, 2.05) is 24.3 Å². The lowest BCUT2D eigenvalue weighted by atomic mass is 10.0. The molecular formula is C17H12N2O3. The minimum Gasteiger partial charge on any atom is -0.497 e. The molecule has 5 nitrogen and oxygen atoms in total. The number of hydrogen-bond donors (Lipinski definition) is 2. The lowest BCUT2D eigenvalue weighted by Gasteiger charge is -2.01. The Hall–Kier alpha value is -3.08. The van der Waals surface area contributed by atoms with Crippen LogP contribution in [0.25, 0.3) is 10.9 Å². The van der Waals surface area contributed by atoms with Gasteiger partial charge >= 0.3 is 0 Å². The summed E-state index contributed by atoms with van der Waals surface area (Å²) in [7, 11) is 1.55. The smallest absolute Gasteiger partial charge is 0.214 e. The molecule has 0 saturated carbocycles. The highest BCUT2D eigenvalue weighted by atomic mass is 16.5. The first kappa shape index (κ1) is 12.6. The number of ether oxygens (including phenoxy) is 1. The van der Waals surface area contributed by atoms with Crippen molar-refractivity contribution >= 4 is 28.1 Å². The number of Topliss-reactive ketones (excluding diaryl/α,β-unsaturated/α-hetero) is 1. The number of methoxy groups -OCH3 is 1. The Morgan fingerprint density at radius 1 is 1.18 bits per heavy atom. The molecule has 1 aromatic heterocycles. The molecule has 1 aliphatic rings. The molecule has 108 valence electrons. The maximum Gasteiger partial charge on any atom is 0.214 e. The number of H-pyrrole nitrogens is 1. The quantitative estimate of drug-likeness (QED) is 0.761. The Labute approximate surface area is 125 Å². The summed E-state index contributed by atoms with van der Waals surface area (Å²) in [4.78, 5) is 19.9. The number of benzene rings is 2. The Bertz CT molecular complexity index is 954. The van der Waals surface area contributed by atoms with Crippen LogP contribution >= 0.6 is 0 Å². The van der Waals surface area contributed by atoms with E-state index in [2.05, 4.69) is 9.98 Å². The molecule has 5 heteroatoms. The molecule has 1 aliphatic heterocycles. The number of nitrogens with zero attached hydrogens (tertiary/aromatic N) is 1. The average molecular weight is 292 g/mol. The average Bonchev–Trinajstić information content (AvgIpc) is 3.03. The number of rotatable bonds is 2. The van der Waals surface area contributed by atoms with Crippen LogP contribution in [0, 0.1) is 0 Å². The van der Waals surface area contributed by atoms with Gasteiger partial charge in [0.15, 0.2) is 5.88 Å². The van der Waals surface area contributed by atoms with Crippen LogP contribution in [0.4, 0.5) is 5.69 Å². The molecule has 22 heavy (non-hydrogen) atoms. The van der Waals surface area contributed by atoms with Gasteiger partial charge in [0.05, 0.1) is 23.9 Å². The number of aromatic amines is 1. The fourth-order valence-corrected chi connectivity index (χ4v) is 2.76. The zero-order valence-corrected chi connectivity index (χ0v) is 11.8. The highest BCUT2D eigenvalue weighted by Gasteiger charge is 2.30. The molecule has 0 radical (unpaired) electrons. The van der Waals surface area contributed by atoms with Gasteiger partial charge in [-0.3, -0.25) is 4.79 Å². The van der Waals surface area contributed by atoms with Gasteiger partial charge in [-0.05, 0) is 24.3 Å². The van der Waals surface area contributed by atoms with Crippen LogP contribution in [0.5, 0.6) is 11.6 Å². The van der Waals surface area contributed by atoms with Crippen molar-refractivity contribution in [2.45, 2.75) is 0 Å². The Morgan fingerprint density at radius 2 is 2.00 bits per heavy atom. The van der Waals surface area contributed by atoms with E-state index in [-0.39, 0.29) is 17.4 Å². The van der Waals surface area contributed by atoms with Gasteiger partial charge in [-0.1, -0.05) is 18.2 Å².